The van der Waals surface area contributed by atoms with E-state index >= 15 is 0 Å². The zero-order chi connectivity index (χ0) is 20.5. The predicted octanol–water partition coefficient (Wildman–Crippen LogP) is 3.29. The number of nitrogens with zero attached hydrogens (tertiary/aromatic N) is 4. The van der Waals surface area contributed by atoms with E-state index in [1.807, 2.05) is 6.07 Å². The molecule has 1 atom stereocenters. The van der Waals surface area contributed by atoms with Crippen molar-refractivity contribution in [2.24, 2.45) is 5.73 Å². The van der Waals surface area contributed by atoms with Crippen LogP contribution in [-0.4, -0.2) is 15.7 Å². The Labute approximate surface area is 166 Å². The third kappa shape index (κ3) is 3.02. The summed E-state index contributed by atoms with van der Waals surface area (Å²) in [5.41, 5.74) is 8.94. The summed E-state index contributed by atoms with van der Waals surface area (Å²) in [4.78, 5) is 29.4. The second-order valence-corrected chi connectivity index (χ2v) is 6.88. The smallest absolute Gasteiger partial charge is 0.271 e. The van der Waals surface area contributed by atoms with Gasteiger partial charge in [0, 0.05) is 42.2 Å². The van der Waals surface area contributed by atoms with E-state index in [4.69, 9.17) is 5.73 Å². The Kier molecular flexibility index (Phi) is 4.56. The molecule has 0 saturated carbocycles. The SMILES string of the molecule is N#CC1=C(N)N(c2cccc([N+](=O)[O-])c2)C2=C(C(=O)CCC2)[C@H]1c1cccnc1. The van der Waals surface area contributed by atoms with Crippen molar-refractivity contribution in [3.63, 3.8) is 0 Å². The van der Waals surface area contributed by atoms with Gasteiger partial charge < -0.3 is 5.73 Å². The fraction of sp³-hybridized carbons (Fsp3) is 0.190. The van der Waals surface area contributed by atoms with Gasteiger partial charge >= 0.3 is 0 Å². The molecule has 144 valence electrons. The van der Waals surface area contributed by atoms with E-state index in [0.717, 1.165) is 0 Å². The summed E-state index contributed by atoms with van der Waals surface area (Å²) in [6.45, 7) is 0. The highest BCUT2D eigenvalue weighted by Crippen LogP contribution is 2.46. The Morgan fingerprint density at radius 2 is 2.10 bits per heavy atom. The van der Waals surface area contributed by atoms with Crippen LogP contribution in [0.5, 0.6) is 0 Å². The number of hydrogen-bond donors (Lipinski definition) is 1. The third-order valence-corrected chi connectivity index (χ3v) is 5.23. The minimum Gasteiger partial charge on any atom is -0.384 e. The lowest BCUT2D eigenvalue weighted by Gasteiger charge is -2.39. The number of benzene rings is 1. The molecule has 0 bridgehead atoms. The number of Topliss-reactive ketones (excluding diaryl/α,β-unsaturated/α-hetero) is 1. The van der Waals surface area contributed by atoms with Gasteiger partial charge in [0.1, 0.15) is 5.82 Å². The number of nitrogens with two attached hydrogens (primary N) is 1. The topological polar surface area (TPSA) is 126 Å². The van der Waals surface area contributed by atoms with Gasteiger partial charge in [0.2, 0.25) is 0 Å². The van der Waals surface area contributed by atoms with Gasteiger partial charge in [-0.15, -0.1) is 0 Å². The molecular weight excluding hydrogens is 370 g/mol. The molecule has 4 rings (SSSR count). The summed E-state index contributed by atoms with van der Waals surface area (Å²) in [7, 11) is 0. The Bertz CT molecular complexity index is 1110. The van der Waals surface area contributed by atoms with Crippen molar-refractivity contribution < 1.29 is 9.72 Å². The Hall–Kier alpha value is -3.99. The molecule has 0 amide bonds. The number of aromatic nitrogens is 1. The summed E-state index contributed by atoms with van der Waals surface area (Å²) in [5, 5.41) is 21.1. The molecule has 0 unspecified atom stereocenters. The number of non-ortho nitro benzene ring substituents is 1. The maximum Gasteiger partial charge on any atom is 0.271 e. The number of ketones is 1. The number of anilines is 1. The Morgan fingerprint density at radius 3 is 2.79 bits per heavy atom. The first-order valence-corrected chi connectivity index (χ1v) is 9.13. The van der Waals surface area contributed by atoms with Crippen LogP contribution < -0.4 is 10.6 Å². The van der Waals surface area contributed by atoms with E-state index in [1.54, 1.807) is 35.5 Å². The molecule has 2 heterocycles. The number of carbonyl (C=O) groups excluding carboxylic acids is 1. The van der Waals surface area contributed by atoms with Crippen molar-refractivity contribution in [2.45, 2.75) is 25.2 Å². The molecule has 8 heteroatoms. The van der Waals surface area contributed by atoms with E-state index < -0.39 is 10.8 Å². The quantitative estimate of drug-likeness (QED) is 0.632. The molecule has 1 aromatic carbocycles. The molecule has 1 aliphatic carbocycles. The predicted molar refractivity (Wildman–Crippen MR) is 105 cm³/mol. The number of allylic oxidation sites excluding steroid dienone is 3. The lowest BCUT2D eigenvalue weighted by molar-refractivity contribution is -0.384. The van der Waals surface area contributed by atoms with Crippen LogP contribution in [0.15, 0.2) is 71.5 Å². The molecule has 0 saturated heterocycles. The molecule has 0 fully saturated rings. The highest BCUT2D eigenvalue weighted by Gasteiger charge is 2.40. The molecule has 0 radical (unpaired) electrons. The maximum absolute atomic E-state index is 12.9. The lowest BCUT2D eigenvalue weighted by Crippen LogP contribution is -2.38. The summed E-state index contributed by atoms with van der Waals surface area (Å²) < 4.78 is 0. The van der Waals surface area contributed by atoms with Gasteiger partial charge in [-0.1, -0.05) is 12.1 Å². The lowest BCUT2D eigenvalue weighted by atomic mass is 9.76. The van der Waals surface area contributed by atoms with Crippen LogP contribution in [-0.2, 0) is 4.79 Å². The molecule has 2 aromatic rings. The van der Waals surface area contributed by atoms with E-state index in [-0.39, 0.29) is 22.9 Å². The molecule has 0 spiro atoms. The second kappa shape index (κ2) is 7.20. The average Bonchev–Trinajstić information content (AvgIpc) is 2.73. The number of pyridine rings is 1. The molecular formula is C21H17N5O3. The van der Waals surface area contributed by atoms with Crippen molar-refractivity contribution in [3.8, 4) is 6.07 Å². The fourth-order valence-corrected chi connectivity index (χ4v) is 4.01. The van der Waals surface area contributed by atoms with Crippen molar-refractivity contribution >= 4 is 17.2 Å². The van der Waals surface area contributed by atoms with Gasteiger partial charge in [-0.3, -0.25) is 24.8 Å². The Balaban J connectivity index is 1.96. The average molecular weight is 387 g/mol. The highest BCUT2D eigenvalue weighted by molar-refractivity contribution is 6.01. The van der Waals surface area contributed by atoms with Gasteiger partial charge in [-0.05, 0) is 30.5 Å². The summed E-state index contributed by atoms with van der Waals surface area (Å²) in [5.74, 6) is -0.461. The first-order valence-electron chi connectivity index (χ1n) is 9.13. The van der Waals surface area contributed by atoms with E-state index in [0.29, 0.717) is 41.8 Å². The number of nitro benzene ring substituents is 1. The normalized spacial score (nSPS) is 19.1. The summed E-state index contributed by atoms with van der Waals surface area (Å²) in [6, 6.07) is 11.8. The zero-order valence-corrected chi connectivity index (χ0v) is 15.4. The summed E-state index contributed by atoms with van der Waals surface area (Å²) in [6.07, 6.45) is 4.87. The molecule has 29 heavy (non-hydrogen) atoms. The molecule has 2 aliphatic rings. The first-order chi connectivity index (χ1) is 14.0. The zero-order valence-electron chi connectivity index (χ0n) is 15.4. The van der Waals surface area contributed by atoms with Crippen LogP contribution in [0.2, 0.25) is 0 Å². The number of rotatable bonds is 3. The number of carbonyl (C=O) groups is 1. The molecule has 1 aliphatic heterocycles. The van der Waals surface area contributed by atoms with Gasteiger partial charge in [-0.2, -0.15) is 5.26 Å². The van der Waals surface area contributed by atoms with E-state index in [1.165, 1.54) is 12.1 Å². The van der Waals surface area contributed by atoms with Crippen LogP contribution in [0.4, 0.5) is 11.4 Å². The highest BCUT2D eigenvalue weighted by atomic mass is 16.6. The summed E-state index contributed by atoms with van der Waals surface area (Å²) >= 11 is 0. The van der Waals surface area contributed by atoms with Gasteiger partial charge in [-0.25, -0.2) is 0 Å². The third-order valence-electron chi connectivity index (χ3n) is 5.23. The van der Waals surface area contributed by atoms with Crippen LogP contribution in [0.1, 0.15) is 30.7 Å². The first kappa shape index (κ1) is 18.4. The van der Waals surface area contributed by atoms with Crippen molar-refractivity contribution in [2.75, 3.05) is 4.90 Å². The van der Waals surface area contributed by atoms with E-state index in [2.05, 4.69) is 11.1 Å². The fourth-order valence-electron chi connectivity index (χ4n) is 4.01. The molecule has 8 nitrogen and oxygen atoms in total. The van der Waals surface area contributed by atoms with Crippen molar-refractivity contribution in [3.05, 3.63) is 87.1 Å². The Morgan fingerprint density at radius 1 is 1.28 bits per heavy atom. The van der Waals surface area contributed by atoms with Crippen LogP contribution >= 0.6 is 0 Å². The van der Waals surface area contributed by atoms with Gasteiger partial charge in [0.25, 0.3) is 5.69 Å². The van der Waals surface area contributed by atoms with Gasteiger partial charge in [0.15, 0.2) is 5.78 Å². The van der Waals surface area contributed by atoms with Crippen molar-refractivity contribution in [1.29, 1.82) is 5.26 Å². The van der Waals surface area contributed by atoms with Crippen LogP contribution in [0.25, 0.3) is 0 Å². The van der Waals surface area contributed by atoms with Crippen LogP contribution in [0, 0.1) is 21.4 Å². The largest absolute Gasteiger partial charge is 0.384 e. The van der Waals surface area contributed by atoms with Gasteiger partial charge in [0.05, 0.1) is 28.2 Å². The number of nitriles is 1. The minimum absolute atomic E-state index is 0.0456. The van der Waals surface area contributed by atoms with Crippen molar-refractivity contribution in [1.82, 2.24) is 4.98 Å². The monoisotopic (exact) mass is 387 g/mol. The molecule has 1 aromatic heterocycles. The second-order valence-electron chi connectivity index (χ2n) is 6.88. The number of nitro groups is 1. The minimum atomic E-state index is -0.591. The van der Waals surface area contributed by atoms with Crippen LogP contribution in [0.3, 0.4) is 0 Å². The molecule has 2 N–H and O–H groups in total. The number of hydrogen-bond acceptors (Lipinski definition) is 7. The standard InChI is InChI=1S/C21H17N5O3/c22-11-16-19(13-4-3-9-24-12-13)20-17(7-2-8-18(20)27)25(21(16)23)14-5-1-6-15(10-14)26(28)29/h1,3-6,9-10,12,19H,2,7-8,23H2/t19-/m0/s1. The van der Waals surface area contributed by atoms with E-state index in [9.17, 15) is 20.2 Å². The maximum atomic E-state index is 12.9.